The highest BCUT2D eigenvalue weighted by Crippen LogP contribution is 2.19. The van der Waals surface area contributed by atoms with Gasteiger partial charge >= 0.3 is 0 Å². The number of nitrogens with zero attached hydrogens (tertiary/aromatic N) is 1. The molecule has 17 heavy (non-hydrogen) atoms. The summed E-state index contributed by atoms with van der Waals surface area (Å²) in [7, 11) is 0. The van der Waals surface area contributed by atoms with Crippen LogP contribution in [0.15, 0.2) is 17.2 Å². The van der Waals surface area contributed by atoms with Crippen LogP contribution in [0.5, 0.6) is 0 Å². The maximum Gasteiger partial charge on any atom is 0.271 e. The molecule has 0 aliphatic carbocycles. The maximum absolute atomic E-state index is 11.6. The van der Waals surface area contributed by atoms with Crippen molar-refractivity contribution < 1.29 is 0 Å². The summed E-state index contributed by atoms with van der Waals surface area (Å²) in [5.74, 6) is 0.816. The lowest BCUT2D eigenvalue weighted by molar-refractivity contribution is 0.947. The Kier molecular flexibility index (Phi) is 2.99. The lowest BCUT2D eigenvalue weighted by Crippen LogP contribution is -2.19. The Morgan fingerprint density at radius 2 is 2.18 bits per heavy atom. The molecule has 0 fully saturated rings. The van der Waals surface area contributed by atoms with Crippen LogP contribution >= 0.6 is 0 Å². The highest BCUT2D eigenvalue weighted by Gasteiger charge is 2.13. The number of nitrogens with one attached hydrogen (secondary N) is 2. The summed E-state index contributed by atoms with van der Waals surface area (Å²) in [6.45, 7) is 3.94. The number of aromatic amines is 2. The van der Waals surface area contributed by atoms with E-state index < -0.39 is 0 Å². The molecule has 0 unspecified atom stereocenters. The largest absolute Gasteiger partial charge is 0.394 e. The fraction of sp³-hybridized carbons (Fsp3) is 0.333. The minimum Gasteiger partial charge on any atom is -0.394 e. The molecule has 2 aromatic rings. The van der Waals surface area contributed by atoms with Crippen LogP contribution < -0.4 is 11.3 Å². The van der Waals surface area contributed by atoms with Gasteiger partial charge in [0.15, 0.2) is 0 Å². The second-order valence-electron chi connectivity index (χ2n) is 4.02. The van der Waals surface area contributed by atoms with E-state index in [0.717, 1.165) is 29.1 Å². The van der Waals surface area contributed by atoms with Crippen LogP contribution in [0.3, 0.4) is 0 Å². The van der Waals surface area contributed by atoms with E-state index in [1.54, 1.807) is 12.4 Å². The van der Waals surface area contributed by atoms with Gasteiger partial charge in [0.05, 0.1) is 0 Å². The first-order chi connectivity index (χ1) is 8.13. The number of nitrogens with two attached hydrogens (primary N) is 1. The summed E-state index contributed by atoms with van der Waals surface area (Å²) in [6.07, 6.45) is 4.85. The Morgan fingerprint density at radius 3 is 2.76 bits per heavy atom. The monoisotopic (exact) mass is 232 g/mol. The lowest BCUT2D eigenvalue weighted by Gasteiger charge is -2.12. The molecule has 0 saturated heterocycles. The standard InChI is InChI=1S/C12H16N4O/c1-3-8-7(2)16-12(17)11(13)9(8)6-10-14-4-5-15-10/h4-5H,3,6,13H2,1-2H3,(H,14,15)(H,16,17). The smallest absolute Gasteiger partial charge is 0.271 e. The molecule has 2 heterocycles. The summed E-state index contributed by atoms with van der Waals surface area (Å²) in [6, 6.07) is 0. The molecule has 0 saturated carbocycles. The minimum atomic E-state index is -0.221. The van der Waals surface area contributed by atoms with E-state index in [9.17, 15) is 4.79 Å². The number of rotatable bonds is 3. The van der Waals surface area contributed by atoms with Gasteiger partial charge in [-0.25, -0.2) is 4.98 Å². The van der Waals surface area contributed by atoms with E-state index in [-0.39, 0.29) is 5.56 Å². The first kappa shape index (κ1) is 11.4. The second-order valence-corrected chi connectivity index (χ2v) is 4.02. The average Bonchev–Trinajstić information content (AvgIpc) is 2.78. The molecule has 2 aromatic heterocycles. The number of hydrogen-bond donors (Lipinski definition) is 3. The number of anilines is 1. The molecule has 0 aliphatic heterocycles. The van der Waals surface area contributed by atoms with Crippen LogP contribution in [0.4, 0.5) is 5.69 Å². The third-order valence-corrected chi connectivity index (χ3v) is 2.94. The Hall–Kier alpha value is -2.04. The topological polar surface area (TPSA) is 87.6 Å². The fourth-order valence-corrected chi connectivity index (χ4v) is 2.08. The van der Waals surface area contributed by atoms with Gasteiger partial charge in [0.25, 0.3) is 5.56 Å². The quantitative estimate of drug-likeness (QED) is 0.741. The van der Waals surface area contributed by atoms with Crippen molar-refractivity contribution in [3.63, 3.8) is 0 Å². The molecular formula is C12H16N4O. The number of aryl methyl sites for hydroxylation is 1. The van der Waals surface area contributed by atoms with Crippen LogP contribution in [-0.4, -0.2) is 15.0 Å². The minimum absolute atomic E-state index is 0.221. The van der Waals surface area contributed by atoms with Gasteiger partial charge < -0.3 is 15.7 Å². The molecule has 0 aliphatic rings. The van der Waals surface area contributed by atoms with E-state index >= 15 is 0 Å². The SMILES string of the molecule is CCc1c(C)[nH]c(=O)c(N)c1Cc1ncc[nH]1. The number of pyridine rings is 1. The van der Waals surface area contributed by atoms with Gasteiger partial charge in [-0.3, -0.25) is 4.79 Å². The zero-order valence-corrected chi connectivity index (χ0v) is 10.0. The first-order valence-corrected chi connectivity index (χ1v) is 5.61. The molecule has 2 rings (SSSR count). The van der Waals surface area contributed by atoms with Crippen molar-refractivity contribution in [1.29, 1.82) is 0 Å². The molecule has 4 N–H and O–H groups in total. The first-order valence-electron chi connectivity index (χ1n) is 5.61. The van der Waals surface area contributed by atoms with E-state index in [0.29, 0.717) is 12.1 Å². The predicted octanol–water partition coefficient (Wildman–Crippen LogP) is 1.14. The van der Waals surface area contributed by atoms with E-state index in [1.807, 2.05) is 13.8 Å². The van der Waals surface area contributed by atoms with Gasteiger partial charge in [0, 0.05) is 24.5 Å². The van der Waals surface area contributed by atoms with Crippen molar-refractivity contribution in [3.8, 4) is 0 Å². The zero-order valence-electron chi connectivity index (χ0n) is 10.0. The number of H-pyrrole nitrogens is 2. The molecule has 0 aromatic carbocycles. The fourth-order valence-electron chi connectivity index (χ4n) is 2.08. The Balaban J connectivity index is 2.54. The van der Waals surface area contributed by atoms with E-state index in [2.05, 4.69) is 15.0 Å². The van der Waals surface area contributed by atoms with Crippen molar-refractivity contribution in [2.24, 2.45) is 0 Å². The number of hydrogen-bond acceptors (Lipinski definition) is 3. The van der Waals surface area contributed by atoms with Crippen molar-refractivity contribution in [2.45, 2.75) is 26.7 Å². The zero-order chi connectivity index (χ0) is 12.4. The molecule has 0 bridgehead atoms. The summed E-state index contributed by atoms with van der Waals surface area (Å²) < 4.78 is 0. The highest BCUT2D eigenvalue weighted by molar-refractivity contribution is 5.51. The van der Waals surface area contributed by atoms with Crippen molar-refractivity contribution in [1.82, 2.24) is 15.0 Å². The summed E-state index contributed by atoms with van der Waals surface area (Å²) >= 11 is 0. The molecule has 0 atom stereocenters. The molecule has 0 radical (unpaired) electrons. The Morgan fingerprint density at radius 1 is 1.41 bits per heavy atom. The normalized spacial score (nSPS) is 10.7. The average molecular weight is 232 g/mol. The molecule has 5 nitrogen and oxygen atoms in total. The molecule has 5 heteroatoms. The van der Waals surface area contributed by atoms with Gasteiger partial charge in [0.2, 0.25) is 0 Å². The third-order valence-electron chi connectivity index (χ3n) is 2.94. The third kappa shape index (κ3) is 2.08. The van der Waals surface area contributed by atoms with Crippen LogP contribution in [0.2, 0.25) is 0 Å². The van der Waals surface area contributed by atoms with Gasteiger partial charge in [-0.15, -0.1) is 0 Å². The van der Waals surface area contributed by atoms with Crippen molar-refractivity contribution in [2.75, 3.05) is 5.73 Å². The maximum atomic E-state index is 11.6. The second kappa shape index (κ2) is 4.45. The molecular weight excluding hydrogens is 216 g/mol. The van der Waals surface area contributed by atoms with Crippen LogP contribution in [-0.2, 0) is 12.8 Å². The molecule has 90 valence electrons. The Bertz CT molecular complexity index is 569. The number of nitrogen functional groups attached to an aromatic ring is 1. The van der Waals surface area contributed by atoms with Gasteiger partial charge in [-0.2, -0.15) is 0 Å². The lowest BCUT2D eigenvalue weighted by atomic mass is 10.00. The molecule has 0 spiro atoms. The van der Waals surface area contributed by atoms with Gasteiger partial charge in [-0.05, 0) is 24.5 Å². The number of aromatic nitrogens is 3. The Labute approximate surface area is 99.1 Å². The predicted molar refractivity (Wildman–Crippen MR) is 67.0 cm³/mol. The van der Waals surface area contributed by atoms with E-state index in [1.165, 1.54) is 0 Å². The van der Waals surface area contributed by atoms with Gasteiger partial charge in [-0.1, -0.05) is 6.92 Å². The van der Waals surface area contributed by atoms with E-state index in [4.69, 9.17) is 5.73 Å². The highest BCUT2D eigenvalue weighted by atomic mass is 16.1. The van der Waals surface area contributed by atoms with Crippen molar-refractivity contribution in [3.05, 3.63) is 45.4 Å². The van der Waals surface area contributed by atoms with Crippen LogP contribution in [0, 0.1) is 6.92 Å². The summed E-state index contributed by atoms with van der Waals surface area (Å²) in [4.78, 5) is 21.6. The summed E-state index contributed by atoms with van der Waals surface area (Å²) in [5, 5.41) is 0. The van der Waals surface area contributed by atoms with Crippen LogP contribution in [0.25, 0.3) is 0 Å². The van der Waals surface area contributed by atoms with Crippen molar-refractivity contribution >= 4 is 5.69 Å². The summed E-state index contributed by atoms with van der Waals surface area (Å²) in [5.41, 5.74) is 8.79. The number of imidazole rings is 1. The van der Waals surface area contributed by atoms with Gasteiger partial charge in [0.1, 0.15) is 11.5 Å². The van der Waals surface area contributed by atoms with Crippen LogP contribution in [0.1, 0.15) is 29.6 Å². The molecule has 0 amide bonds.